The highest BCUT2D eigenvalue weighted by Gasteiger charge is 2.38. The zero-order valence-electron chi connectivity index (χ0n) is 14.4. The molecule has 1 saturated heterocycles. The van der Waals surface area contributed by atoms with Crippen LogP contribution in [0.25, 0.3) is 0 Å². The molecule has 1 aliphatic heterocycles. The molecular weight excluding hydrogens is 394 g/mol. The van der Waals surface area contributed by atoms with Gasteiger partial charge in [-0.1, -0.05) is 23.8 Å². The fourth-order valence-corrected chi connectivity index (χ4v) is 6.59. The van der Waals surface area contributed by atoms with Crippen LogP contribution in [0.1, 0.15) is 41.6 Å². The summed E-state index contributed by atoms with van der Waals surface area (Å²) in [4.78, 5) is 29.0. The Bertz CT molecular complexity index is 919. The molecule has 1 atom stereocenters. The minimum absolute atomic E-state index is 0.111. The number of carbonyl (C=O) groups excluding carboxylic acids is 2. The molecule has 0 bridgehead atoms. The number of carbonyl (C=O) groups is 2. The number of hydrogen-bond donors (Lipinski definition) is 1. The van der Waals surface area contributed by atoms with Crippen molar-refractivity contribution in [2.24, 2.45) is 0 Å². The first kappa shape index (κ1) is 19.2. The van der Waals surface area contributed by atoms with E-state index in [1.807, 2.05) is 0 Å². The van der Waals surface area contributed by atoms with Crippen LogP contribution in [-0.2, 0) is 14.8 Å². The van der Waals surface area contributed by atoms with E-state index < -0.39 is 22.0 Å². The molecule has 3 rings (SSSR count). The molecule has 1 fully saturated rings. The van der Waals surface area contributed by atoms with Crippen LogP contribution in [0.2, 0.25) is 0 Å². The summed E-state index contributed by atoms with van der Waals surface area (Å²) in [6.45, 7) is 3.47. The van der Waals surface area contributed by atoms with Gasteiger partial charge in [0.05, 0.1) is 10.6 Å². The highest BCUT2D eigenvalue weighted by atomic mass is 32.2. The summed E-state index contributed by atoms with van der Waals surface area (Å²) in [6, 6.07) is 2.45. The van der Waals surface area contributed by atoms with Gasteiger partial charge in [-0.2, -0.15) is 4.31 Å². The molecule has 1 aliphatic rings. The number of Topliss-reactive ketones (excluding diaryl/α,β-unsaturated/α-hetero) is 1. The maximum atomic E-state index is 12.9. The lowest BCUT2D eigenvalue weighted by Crippen LogP contribution is -2.49. The van der Waals surface area contributed by atoms with Crippen LogP contribution in [0.5, 0.6) is 0 Å². The molecule has 7 nitrogen and oxygen atoms in total. The molecule has 26 heavy (non-hydrogen) atoms. The van der Waals surface area contributed by atoms with E-state index in [0.29, 0.717) is 28.7 Å². The van der Waals surface area contributed by atoms with Gasteiger partial charge < -0.3 is 5.32 Å². The molecule has 0 spiro atoms. The molecule has 0 saturated carbocycles. The molecular formula is C16H19N3O4S3. The van der Waals surface area contributed by atoms with Crippen molar-refractivity contribution in [2.75, 3.05) is 11.9 Å². The number of amides is 1. The third kappa shape index (κ3) is 3.73. The average molecular weight is 414 g/mol. The van der Waals surface area contributed by atoms with E-state index in [1.165, 1.54) is 11.2 Å². The number of rotatable bonds is 5. The van der Waals surface area contributed by atoms with Gasteiger partial charge in [0, 0.05) is 13.5 Å². The Morgan fingerprint density at radius 2 is 2.12 bits per heavy atom. The number of ketones is 1. The standard InChI is InChI=1S/C16H19N3O4S3/c1-10-14(11(2)20)25-16(17-10)18-15(21)12-6-3-4-8-19(12)26(22,23)13-7-5-9-24-13/h5,7,9,12H,3-4,6,8H2,1-2H3,(H,17,18,21). The van der Waals surface area contributed by atoms with Gasteiger partial charge in [0.1, 0.15) is 10.3 Å². The van der Waals surface area contributed by atoms with E-state index in [9.17, 15) is 18.0 Å². The van der Waals surface area contributed by atoms with E-state index >= 15 is 0 Å². The van der Waals surface area contributed by atoms with Crippen molar-refractivity contribution >= 4 is 49.5 Å². The molecule has 0 radical (unpaired) electrons. The Labute approximate surface area is 160 Å². The first-order chi connectivity index (χ1) is 12.3. The van der Waals surface area contributed by atoms with Crippen molar-refractivity contribution in [3.8, 4) is 0 Å². The van der Waals surface area contributed by atoms with Gasteiger partial charge in [-0.3, -0.25) is 9.59 Å². The van der Waals surface area contributed by atoms with Crippen LogP contribution in [0, 0.1) is 6.92 Å². The van der Waals surface area contributed by atoms with Crippen molar-refractivity contribution in [3.63, 3.8) is 0 Å². The van der Waals surface area contributed by atoms with Gasteiger partial charge in [-0.25, -0.2) is 13.4 Å². The molecule has 140 valence electrons. The number of hydrogen-bond acceptors (Lipinski definition) is 7. The molecule has 10 heteroatoms. The average Bonchev–Trinajstić information content (AvgIpc) is 3.25. The van der Waals surface area contributed by atoms with Crippen molar-refractivity contribution in [1.82, 2.24) is 9.29 Å². The highest BCUT2D eigenvalue weighted by Crippen LogP contribution is 2.29. The second kappa shape index (κ2) is 7.55. The highest BCUT2D eigenvalue weighted by molar-refractivity contribution is 7.91. The monoisotopic (exact) mass is 413 g/mol. The topological polar surface area (TPSA) is 96.4 Å². The van der Waals surface area contributed by atoms with Crippen molar-refractivity contribution < 1.29 is 18.0 Å². The normalized spacial score (nSPS) is 18.6. The zero-order valence-corrected chi connectivity index (χ0v) is 16.8. The van der Waals surface area contributed by atoms with Gasteiger partial charge >= 0.3 is 0 Å². The quantitative estimate of drug-likeness (QED) is 0.760. The van der Waals surface area contributed by atoms with Crippen LogP contribution in [0.3, 0.4) is 0 Å². The number of sulfonamides is 1. The van der Waals surface area contributed by atoms with Crippen LogP contribution in [0.15, 0.2) is 21.7 Å². The minimum Gasteiger partial charge on any atom is -0.301 e. The lowest BCUT2D eigenvalue weighted by atomic mass is 10.0. The summed E-state index contributed by atoms with van der Waals surface area (Å²) in [6.07, 6.45) is 1.96. The fourth-order valence-electron chi connectivity index (χ4n) is 2.95. The smallest absolute Gasteiger partial charge is 0.253 e. The number of anilines is 1. The first-order valence-corrected chi connectivity index (χ1v) is 11.3. The molecule has 2 aromatic heterocycles. The molecule has 1 N–H and O–H groups in total. The number of nitrogens with one attached hydrogen (secondary N) is 1. The Hall–Kier alpha value is -1.62. The Morgan fingerprint density at radius 1 is 1.35 bits per heavy atom. The van der Waals surface area contributed by atoms with Gasteiger partial charge in [0.2, 0.25) is 5.91 Å². The summed E-state index contributed by atoms with van der Waals surface area (Å²) in [7, 11) is -3.70. The lowest BCUT2D eigenvalue weighted by Gasteiger charge is -2.32. The van der Waals surface area contributed by atoms with E-state index in [2.05, 4.69) is 10.3 Å². The largest absolute Gasteiger partial charge is 0.301 e. The second-order valence-electron chi connectivity index (χ2n) is 6.04. The molecule has 1 unspecified atom stereocenters. The number of piperidine rings is 1. The van der Waals surface area contributed by atoms with Crippen LogP contribution >= 0.6 is 22.7 Å². The van der Waals surface area contributed by atoms with Crippen molar-refractivity contribution in [2.45, 2.75) is 43.4 Å². The Balaban J connectivity index is 1.82. The Morgan fingerprint density at radius 3 is 2.73 bits per heavy atom. The van der Waals surface area contributed by atoms with E-state index in [4.69, 9.17) is 0 Å². The van der Waals surface area contributed by atoms with Crippen LogP contribution < -0.4 is 5.32 Å². The molecule has 2 aromatic rings. The number of thiophene rings is 1. The van der Waals surface area contributed by atoms with Crippen LogP contribution in [-0.4, -0.2) is 42.0 Å². The van der Waals surface area contributed by atoms with Gasteiger partial charge in [-0.05, 0) is 31.2 Å². The number of thiazole rings is 1. The third-order valence-electron chi connectivity index (χ3n) is 4.16. The summed E-state index contributed by atoms with van der Waals surface area (Å²) >= 11 is 2.25. The molecule has 0 aromatic carbocycles. The van der Waals surface area contributed by atoms with E-state index in [0.717, 1.165) is 35.5 Å². The first-order valence-electron chi connectivity index (χ1n) is 8.15. The lowest BCUT2D eigenvalue weighted by molar-refractivity contribution is -0.120. The van der Waals surface area contributed by atoms with Crippen molar-refractivity contribution in [1.29, 1.82) is 0 Å². The predicted molar refractivity (Wildman–Crippen MR) is 101 cm³/mol. The van der Waals surface area contributed by atoms with Crippen LogP contribution in [0.4, 0.5) is 5.13 Å². The number of aryl methyl sites for hydroxylation is 1. The van der Waals surface area contributed by atoms with Gasteiger partial charge in [0.15, 0.2) is 10.9 Å². The van der Waals surface area contributed by atoms with Crippen molar-refractivity contribution in [3.05, 3.63) is 28.1 Å². The second-order valence-corrected chi connectivity index (χ2v) is 10.1. The molecule has 1 amide bonds. The summed E-state index contributed by atoms with van der Waals surface area (Å²) < 4.78 is 27.2. The van der Waals surface area contributed by atoms with Gasteiger partial charge in [0.25, 0.3) is 10.0 Å². The summed E-state index contributed by atoms with van der Waals surface area (Å²) in [5, 5.41) is 4.71. The molecule has 3 heterocycles. The molecule has 0 aliphatic carbocycles. The maximum absolute atomic E-state index is 12.9. The predicted octanol–water partition coefficient (Wildman–Crippen LogP) is 2.90. The fraction of sp³-hybridized carbons (Fsp3) is 0.438. The third-order valence-corrected chi connectivity index (χ3v) is 8.62. The number of aromatic nitrogens is 1. The van der Waals surface area contributed by atoms with E-state index in [1.54, 1.807) is 24.4 Å². The summed E-state index contributed by atoms with van der Waals surface area (Å²) in [5.41, 5.74) is 0.560. The van der Waals surface area contributed by atoms with Gasteiger partial charge in [-0.15, -0.1) is 11.3 Å². The maximum Gasteiger partial charge on any atom is 0.253 e. The Kier molecular flexibility index (Phi) is 5.56. The van der Waals surface area contributed by atoms with E-state index in [-0.39, 0.29) is 9.99 Å². The SMILES string of the molecule is CC(=O)c1sc(NC(=O)C2CCCCN2S(=O)(=O)c2cccs2)nc1C. The minimum atomic E-state index is -3.70. The summed E-state index contributed by atoms with van der Waals surface area (Å²) in [5.74, 6) is -0.520. The number of nitrogens with zero attached hydrogens (tertiary/aromatic N) is 2. The zero-order chi connectivity index (χ0) is 18.9.